The molecule has 1 aliphatic rings. The smallest absolute Gasteiger partial charge is 0.434 e. The molecule has 0 aliphatic carbocycles. The summed E-state index contributed by atoms with van der Waals surface area (Å²) in [7, 11) is 0. The predicted octanol–water partition coefficient (Wildman–Crippen LogP) is 3.27. The Labute approximate surface area is 157 Å². The number of hydrogen-bond acceptors (Lipinski definition) is 6. The maximum absolute atomic E-state index is 11.3. The highest BCUT2D eigenvalue weighted by Crippen LogP contribution is 2.39. The minimum atomic E-state index is -0.601. The van der Waals surface area contributed by atoms with E-state index in [0.29, 0.717) is 22.3 Å². The Balaban J connectivity index is 1.93. The number of anilines is 1. The van der Waals surface area contributed by atoms with E-state index < -0.39 is 5.76 Å². The summed E-state index contributed by atoms with van der Waals surface area (Å²) in [5.41, 5.74) is 1.39. The zero-order valence-electron chi connectivity index (χ0n) is 15.3. The Morgan fingerprint density at radius 1 is 1.31 bits per heavy atom. The van der Waals surface area contributed by atoms with Gasteiger partial charge >= 0.3 is 5.76 Å². The summed E-state index contributed by atoms with van der Waals surface area (Å²) in [6.45, 7) is 8.15. The molecule has 1 aromatic heterocycles. The first-order chi connectivity index (χ1) is 12.4. The number of nitrogens with one attached hydrogen (secondary N) is 3. The van der Waals surface area contributed by atoms with Crippen molar-refractivity contribution in [1.82, 2.24) is 15.5 Å². The summed E-state index contributed by atoms with van der Waals surface area (Å²) in [6.07, 6.45) is 2.23. The average molecular weight is 381 g/mol. The van der Waals surface area contributed by atoms with Crippen molar-refractivity contribution in [2.75, 3.05) is 18.4 Å². The molecule has 1 saturated heterocycles. The van der Waals surface area contributed by atoms with E-state index in [1.165, 1.54) is 0 Å². The molecule has 1 aliphatic heterocycles. The number of piperidine rings is 1. The van der Waals surface area contributed by atoms with Crippen LogP contribution in [0.4, 0.5) is 5.69 Å². The van der Waals surface area contributed by atoms with Crippen LogP contribution in [-0.2, 0) is 0 Å². The molecule has 0 saturated carbocycles. The van der Waals surface area contributed by atoms with Gasteiger partial charge in [-0.3, -0.25) is 0 Å². The molecule has 0 radical (unpaired) electrons. The lowest BCUT2D eigenvalue weighted by Crippen LogP contribution is -2.36. The van der Waals surface area contributed by atoms with Crippen LogP contribution in [0.15, 0.2) is 21.3 Å². The summed E-state index contributed by atoms with van der Waals surface area (Å²) < 4.78 is 11.0. The highest BCUT2D eigenvalue weighted by atomic mass is 35.5. The van der Waals surface area contributed by atoms with Crippen molar-refractivity contribution in [3.8, 4) is 17.2 Å². The molecule has 0 bridgehead atoms. The second-order valence-corrected chi connectivity index (χ2v) is 7.35. The van der Waals surface area contributed by atoms with Gasteiger partial charge in [0.15, 0.2) is 5.75 Å². The Bertz CT molecular complexity index is 796. The van der Waals surface area contributed by atoms with E-state index in [2.05, 4.69) is 27.8 Å². The maximum atomic E-state index is 11.3. The van der Waals surface area contributed by atoms with Crippen molar-refractivity contribution in [2.45, 2.75) is 45.8 Å². The fourth-order valence-corrected chi connectivity index (χ4v) is 3.50. The van der Waals surface area contributed by atoms with Crippen molar-refractivity contribution < 1.29 is 9.15 Å². The first kappa shape index (κ1) is 18.8. The van der Waals surface area contributed by atoms with Crippen LogP contribution >= 0.6 is 11.6 Å². The summed E-state index contributed by atoms with van der Waals surface area (Å²) in [5, 5.41) is 13.5. The van der Waals surface area contributed by atoms with Gasteiger partial charge in [0, 0.05) is 11.6 Å². The molecule has 7 nitrogen and oxygen atoms in total. The molecule has 3 rings (SSSR count). The maximum Gasteiger partial charge on any atom is 0.434 e. The summed E-state index contributed by atoms with van der Waals surface area (Å²) in [5.74, 6) is 0.764. The van der Waals surface area contributed by atoms with Crippen LogP contribution in [-0.4, -0.2) is 35.4 Å². The molecule has 0 spiro atoms. The van der Waals surface area contributed by atoms with Gasteiger partial charge in [-0.15, -0.1) is 5.10 Å². The molecular formula is C18H25ClN4O3. The third kappa shape index (κ3) is 4.40. The number of aromatic amines is 1. The fraction of sp³-hybridized carbons (Fsp3) is 0.556. The van der Waals surface area contributed by atoms with Crippen LogP contribution in [0.5, 0.6) is 5.75 Å². The molecule has 1 unspecified atom stereocenters. The van der Waals surface area contributed by atoms with Crippen molar-refractivity contribution >= 4 is 17.3 Å². The molecule has 26 heavy (non-hydrogen) atoms. The first-order valence-electron chi connectivity index (χ1n) is 8.97. The van der Waals surface area contributed by atoms with E-state index in [0.717, 1.165) is 31.6 Å². The molecule has 1 atom stereocenters. The number of aromatic nitrogens is 2. The van der Waals surface area contributed by atoms with Gasteiger partial charge in [-0.25, -0.2) is 9.89 Å². The SMILES string of the molecule is CC(C)Oc1c(Cl)cc(-c2n[nH]c(=O)o2)cc1NC(C)C1CCNCC1. The van der Waals surface area contributed by atoms with E-state index in [4.69, 9.17) is 20.8 Å². The molecule has 142 valence electrons. The van der Waals surface area contributed by atoms with Crippen LogP contribution in [0, 0.1) is 5.92 Å². The van der Waals surface area contributed by atoms with E-state index in [-0.39, 0.29) is 18.0 Å². The highest BCUT2D eigenvalue weighted by Gasteiger charge is 2.23. The fourth-order valence-electron chi connectivity index (χ4n) is 3.24. The number of halogens is 1. The number of hydrogen-bond donors (Lipinski definition) is 3. The van der Waals surface area contributed by atoms with Crippen LogP contribution in [0.2, 0.25) is 5.02 Å². The van der Waals surface area contributed by atoms with E-state index in [9.17, 15) is 4.79 Å². The van der Waals surface area contributed by atoms with Crippen molar-refractivity contribution in [1.29, 1.82) is 0 Å². The molecule has 1 aromatic carbocycles. The number of ether oxygens (including phenoxy) is 1. The number of H-pyrrole nitrogens is 1. The van der Waals surface area contributed by atoms with E-state index in [1.807, 2.05) is 19.9 Å². The minimum Gasteiger partial charge on any atom is -0.487 e. The normalized spacial score (nSPS) is 16.7. The number of nitrogens with zero attached hydrogens (tertiary/aromatic N) is 1. The second-order valence-electron chi connectivity index (χ2n) is 6.94. The lowest BCUT2D eigenvalue weighted by molar-refractivity contribution is 0.243. The number of rotatable bonds is 6. The topological polar surface area (TPSA) is 92.2 Å². The Kier molecular flexibility index (Phi) is 5.88. The average Bonchev–Trinajstić information content (AvgIpc) is 3.04. The molecule has 8 heteroatoms. The van der Waals surface area contributed by atoms with Gasteiger partial charge in [0.25, 0.3) is 0 Å². The van der Waals surface area contributed by atoms with Crippen molar-refractivity contribution in [2.24, 2.45) is 5.92 Å². The van der Waals surface area contributed by atoms with Gasteiger partial charge in [0.05, 0.1) is 16.8 Å². The van der Waals surface area contributed by atoms with Crippen molar-refractivity contribution in [3.05, 3.63) is 27.7 Å². The van der Waals surface area contributed by atoms with Crippen LogP contribution in [0.25, 0.3) is 11.5 Å². The Morgan fingerprint density at radius 3 is 2.65 bits per heavy atom. The second kappa shape index (κ2) is 8.14. The third-order valence-corrected chi connectivity index (χ3v) is 4.84. The molecule has 3 N–H and O–H groups in total. The molecule has 0 amide bonds. The lowest BCUT2D eigenvalue weighted by Gasteiger charge is -2.30. The van der Waals surface area contributed by atoms with Gasteiger partial charge in [-0.1, -0.05) is 11.6 Å². The number of benzene rings is 1. The van der Waals surface area contributed by atoms with Crippen molar-refractivity contribution in [3.63, 3.8) is 0 Å². The standard InChI is InChI=1S/C18H25ClN4O3/c1-10(2)25-16-14(19)8-13(17-22-23-18(24)26-17)9-15(16)21-11(3)12-4-6-20-7-5-12/h8-12,20-21H,4-7H2,1-3H3,(H,23,24). The minimum absolute atomic E-state index is 0.0172. The van der Waals surface area contributed by atoms with Gasteiger partial charge in [-0.2, -0.15) is 0 Å². The van der Waals surface area contributed by atoms with Crippen LogP contribution in [0.3, 0.4) is 0 Å². The monoisotopic (exact) mass is 380 g/mol. The summed E-state index contributed by atoms with van der Waals surface area (Å²) in [4.78, 5) is 11.3. The Morgan fingerprint density at radius 2 is 2.04 bits per heavy atom. The molecule has 2 heterocycles. The van der Waals surface area contributed by atoms with Gasteiger partial charge in [0.2, 0.25) is 5.89 Å². The largest absolute Gasteiger partial charge is 0.487 e. The van der Waals surface area contributed by atoms with Crippen LogP contribution in [0.1, 0.15) is 33.6 Å². The first-order valence-corrected chi connectivity index (χ1v) is 9.35. The molecular weight excluding hydrogens is 356 g/mol. The van der Waals surface area contributed by atoms with Gasteiger partial charge in [-0.05, 0) is 64.8 Å². The summed E-state index contributed by atoms with van der Waals surface area (Å²) >= 11 is 6.47. The third-order valence-electron chi connectivity index (χ3n) is 4.56. The predicted molar refractivity (Wildman–Crippen MR) is 102 cm³/mol. The molecule has 1 fully saturated rings. The highest BCUT2D eigenvalue weighted by molar-refractivity contribution is 6.32. The van der Waals surface area contributed by atoms with Gasteiger partial charge in [0.1, 0.15) is 0 Å². The zero-order chi connectivity index (χ0) is 18.7. The van der Waals surface area contributed by atoms with E-state index >= 15 is 0 Å². The lowest BCUT2D eigenvalue weighted by atomic mass is 9.91. The Hall–Kier alpha value is -1.99. The summed E-state index contributed by atoms with van der Waals surface area (Å²) in [6, 6.07) is 3.81. The quantitative estimate of drug-likeness (QED) is 0.712. The van der Waals surface area contributed by atoms with Crippen LogP contribution < -0.4 is 21.1 Å². The van der Waals surface area contributed by atoms with E-state index in [1.54, 1.807) is 6.07 Å². The zero-order valence-corrected chi connectivity index (χ0v) is 16.0. The molecule has 2 aromatic rings. The van der Waals surface area contributed by atoms with Gasteiger partial charge < -0.3 is 19.8 Å².